The summed E-state index contributed by atoms with van der Waals surface area (Å²) in [6.45, 7) is 3.69. The van der Waals surface area contributed by atoms with E-state index < -0.39 is 87.5 Å². The highest BCUT2D eigenvalue weighted by Crippen LogP contribution is 2.45. The minimum absolute atomic E-state index is 0.0147. The number of amides is 1. The van der Waals surface area contributed by atoms with Gasteiger partial charge in [-0.15, -0.1) is 35.3 Å². The summed E-state index contributed by atoms with van der Waals surface area (Å²) >= 11 is 4.38. The predicted molar refractivity (Wildman–Crippen MR) is 302 cm³/mol. The van der Waals surface area contributed by atoms with Crippen molar-refractivity contribution in [1.82, 2.24) is 19.9 Å². The molecule has 8 aromatic rings. The van der Waals surface area contributed by atoms with Crippen molar-refractivity contribution in [3.05, 3.63) is 136 Å². The van der Waals surface area contributed by atoms with E-state index in [1.54, 1.807) is 49.5 Å². The summed E-state index contributed by atoms with van der Waals surface area (Å²) in [5.74, 6) is 1.83. The summed E-state index contributed by atoms with van der Waals surface area (Å²) in [5.41, 5.74) is -5.26. The molecule has 0 atom stereocenters. The minimum atomic E-state index is -4.78. The molecule has 0 radical (unpaired) electrons. The van der Waals surface area contributed by atoms with E-state index in [1.807, 2.05) is 11.9 Å². The Hall–Kier alpha value is -7.61. The first kappa shape index (κ1) is 62.9. The molecule has 0 aliphatic carbocycles. The fourth-order valence-electron chi connectivity index (χ4n) is 9.92. The number of thioether (sulfide) groups is 3. The van der Waals surface area contributed by atoms with E-state index in [-0.39, 0.29) is 61.8 Å². The number of carbonyl (C=O) groups is 1. The highest BCUT2D eigenvalue weighted by Gasteiger charge is 2.41. The number of rotatable bonds is 1. The van der Waals surface area contributed by atoms with Crippen molar-refractivity contribution in [3.8, 4) is 0 Å². The van der Waals surface area contributed by atoms with Crippen LogP contribution in [0.3, 0.4) is 0 Å². The fraction of sp³-hybridized carbons (Fsp3) is 0.315. The first-order chi connectivity index (χ1) is 39.9. The number of hydrogen-bond donors (Lipinski definition) is 6. The number of aromatic nitrogens is 4. The molecule has 32 heteroatoms. The molecule has 458 valence electrons. The number of hydrogen-bond acceptors (Lipinski definition) is 12. The van der Waals surface area contributed by atoms with Crippen molar-refractivity contribution < 1.29 is 70.7 Å². The predicted octanol–water partition coefficient (Wildman–Crippen LogP) is 12.9. The second-order valence-corrected chi connectivity index (χ2v) is 23.7. The quantitative estimate of drug-likeness (QED) is 0.0857. The number of halogens is 15. The maximum Gasteiger partial charge on any atom is 0.417 e. The molecule has 4 aromatic heterocycles. The Bertz CT molecular complexity index is 4250. The van der Waals surface area contributed by atoms with Crippen LogP contribution in [0.1, 0.15) is 36.1 Å². The zero-order chi connectivity index (χ0) is 63.0. The number of carbonyl (C=O) groups excluding carboxylic acids is 1. The van der Waals surface area contributed by atoms with Gasteiger partial charge in [0.25, 0.3) is 5.91 Å². The second kappa shape index (κ2) is 22.9. The Morgan fingerprint density at radius 3 is 1.29 bits per heavy atom. The van der Waals surface area contributed by atoms with Crippen molar-refractivity contribution in [2.45, 2.75) is 65.0 Å². The van der Waals surface area contributed by atoms with Gasteiger partial charge in [-0.2, -0.15) is 65.9 Å². The van der Waals surface area contributed by atoms with Crippen molar-refractivity contribution in [3.63, 3.8) is 0 Å². The first-order valence-corrected chi connectivity index (χ1v) is 28.2. The van der Waals surface area contributed by atoms with Crippen LogP contribution in [0.25, 0.3) is 43.6 Å². The second-order valence-electron chi connectivity index (χ2n) is 20.3. The molecule has 0 fully saturated rings. The van der Waals surface area contributed by atoms with Gasteiger partial charge in [0, 0.05) is 117 Å². The molecule has 6 N–H and O–H groups in total. The summed E-state index contributed by atoms with van der Waals surface area (Å²) in [6.07, 6.45) is -23.0. The van der Waals surface area contributed by atoms with Crippen LogP contribution in [-0.4, -0.2) is 95.1 Å². The Kier molecular flexibility index (Phi) is 16.8. The van der Waals surface area contributed by atoms with E-state index in [0.29, 0.717) is 58.5 Å². The van der Waals surface area contributed by atoms with Crippen LogP contribution in [0, 0.1) is 0 Å². The molecular formula is C54H44F15N9O5S3. The van der Waals surface area contributed by atoms with Crippen molar-refractivity contribution >= 4 is 113 Å². The summed E-state index contributed by atoms with van der Waals surface area (Å²) < 4.78 is 195. The number of anilines is 5. The molecule has 14 nitrogen and oxygen atoms in total. The van der Waals surface area contributed by atoms with Crippen LogP contribution in [0.2, 0.25) is 0 Å². The molecule has 86 heavy (non-hydrogen) atoms. The zero-order valence-corrected chi connectivity index (χ0v) is 47.1. The molecule has 4 aliphatic heterocycles. The lowest BCUT2D eigenvalue weighted by Gasteiger charge is -2.38. The number of alkyl halides is 15. The fourth-order valence-corrected chi connectivity index (χ4v) is 13.0. The number of nitrogens with zero attached hydrogens (tertiary/aromatic N) is 3. The van der Waals surface area contributed by atoms with Gasteiger partial charge in [0.2, 0.25) is 22.2 Å². The van der Waals surface area contributed by atoms with Crippen LogP contribution >= 0.6 is 35.3 Å². The van der Waals surface area contributed by atoms with Gasteiger partial charge >= 0.3 is 30.9 Å². The molecule has 0 saturated heterocycles. The normalized spacial score (nSPS) is 15.9. The molecule has 8 heterocycles. The van der Waals surface area contributed by atoms with Gasteiger partial charge in [0.05, 0.1) is 67.1 Å². The lowest BCUT2D eigenvalue weighted by atomic mass is 9.97. The number of pyridine rings is 4. The molecule has 1 amide bonds. The van der Waals surface area contributed by atoms with E-state index in [4.69, 9.17) is 0 Å². The van der Waals surface area contributed by atoms with Crippen molar-refractivity contribution in [2.24, 2.45) is 0 Å². The van der Waals surface area contributed by atoms with Crippen LogP contribution in [0.5, 0.6) is 0 Å². The Balaban J connectivity index is 0.000000138. The van der Waals surface area contributed by atoms with E-state index in [1.165, 1.54) is 54.0 Å². The van der Waals surface area contributed by atoms with Gasteiger partial charge in [-0.1, -0.05) is 0 Å². The van der Waals surface area contributed by atoms with Crippen molar-refractivity contribution in [2.75, 3.05) is 82.9 Å². The van der Waals surface area contributed by atoms with Crippen LogP contribution in [0.4, 0.5) is 94.3 Å². The minimum Gasteiger partial charge on any atom is -0.383 e. The first-order valence-electron chi connectivity index (χ1n) is 25.2. The maximum absolute atomic E-state index is 13.2. The van der Waals surface area contributed by atoms with E-state index >= 15 is 0 Å². The average molecular weight is 1280 g/mol. The number of likely N-dealkylation sites (N-methyl/N-ethyl adjacent to an activating group) is 1. The third kappa shape index (κ3) is 13.5. The van der Waals surface area contributed by atoms with Crippen LogP contribution in [-0.2, 0) is 29.5 Å². The summed E-state index contributed by atoms with van der Waals surface area (Å²) in [4.78, 5) is 74.0. The number of fused-ring (bicyclic) bond motifs is 8. The van der Waals surface area contributed by atoms with E-state index in [0.717, 1.165) is 44.5 Å². The van der Waals surface area contributed by atoms with Crippen molar-refractivity contribution in [1.29, 1.82) is 0 Å². The Morgan fingerprint density at radius 1 is 0.453 bits per heavy atom. The van der Waals surface area contributed by atoms with Gasteiger partial charge in [-0.25, -0.2) is 0 Å². The monoisotopic (exact) mass is 1280 g/mol. The molecule has 0 unspecified atom stereocenters. The number of H-pyrrole nitrogens is 4. The van der Waals surface area contributed by atoms with Crippen LogP contribution in [0.15, 0.2) is 107 Å². The molecular weight excluding hydrogens is 1240 g/mol. The summed E-state index contributed by atoms with van der Waals surface area (Å²) in [6, 6.07) is 13.4. The number of benzene rings is 4. The molecule has 0 bridgehead atoms. The van der Waals surface area contributed by atoms with Gasteiger partial charge in [0.1, 0.15) is 12.1 Å². The molecule has 12 rings (SSSR count). The molecule has 4 aliphatic rings. The highest BCUT2D eigenvalue weighted by atomic mass is 32.2. The highest BCUT2D eigenvalue weighted by molar-refractivity contribution is 8.00. The Labute approximate surface area is 486 Å². The van der Waals surface area contributed by atoms with Gasteiger partial charge < -0.3 is 45.3 Å². The largest absolute Gasteiger partial charge is 0.417 e. The van der Waals surface area contributed by atoms with Gasteiger partial charge in [-0.05, 0) is 62.4 Å². The molecule has 0 spiro atoms. The van der Waals surface area contributed by atoms with E-state index in [9.17, 15) is 89.8 Å². The SMILES string of the molecule is CN1C(=O)C(C)(C)Nc2cc3[nH]c(=O)cc(C(F)(F)F)c3cc21.CN1CCSc2cc3[nH]c(=O)cc(C(F)(F)F)c3cc21.O=c1cc(C(F)(F)F)c2cc3c(cc2[nH]1)SCCN3.O=c1cc(C(F)(F)F)c2cc3c(cc2[nH]1)SCCN3CC(F)(F)F. The average Bonchev–Trinajstić information content (AvgIpc) is 0.958. The summed E-state index contributed by atoms with van der Waals surface area (Å²) in [7, 11) is 3.36. The lowest BCUT2D eigenvalue weighted by Crippen LogP contribution is -2.52. The number of aromatic amines is 4. The lowest BCUT2D eigenvalue weighted by molar-refractivity contribution is -0.137. The molecule has 0 saturated carbocycles. The molecule has 4 aromatic carbocycles. The third-order valence-electron chi connectivity index (χ3n) is 13.7. The zero-order valence-electron chi connectivity index (χ0n) is 44.7. The topological polar surface area (TPSA) is 182 Å². The maximum atomic E-state index is 13.2. The smallest absolute Gasteiger partial charge is 0.383 e. The number of nitrogens with one attached hydrogen (secondary N) is 6. The third-order valence-corrected chi connectivity index (χ3v) is 16.8. The van der Waals surface area contributed by atoms with Crippen LogP contribution < -0.4 is 47.6 Å². The van der Waals surface area contributed by atoms with Gasteiger partial charge in [-0.3, -0.25) is 24.0 Å². The summed E-state index contributed by atoms with van der Waals surface area (Å²) in [5, 5.41) is 5.63. The van der Waals surface area contributed by atoms with E-state index in [2.05, 4.69) is 30.6 Å². The Morgan fingerprint density at radius 2 is 0.837 bits per heavy atom. The standard InChI is InChI=1S/C15H14F3N3O2.C14H10F6N2OS.C13H11F3N2OS.C12H9F3N2OS/c1-14(2)13(23)21(3)11-4-7-8(15(16,17)18)5-12(22)19-9(7)6-10(11)20-14;15-13(16,17)6-22-1-2-24-11-5-9-7(3-10(11)22)8(14(18,19)20)4-12(23)21-9;1-18-2-3-20-11-6-9-7(4-10(11)18)8(13(14,15)16)5-12(19)17-9;13-12(14,15)7-4-11(18)17-8-5-10-9(3-6(7)8)16-1-2-19-10/h4-6,20H,1-3H3,(H,19,22);3-5H,1-2,6H2,(H,21,23);4-6H,2-3H2,1H3,(H,17,19);3-5,16H,1-2H2,(H,17,18). The van der Waals surface area contributed by atoms with Gasteiger partial charge in [0.15, 0.2) is 0 Å².